The summed E-state index contributed by atoms with van der Waals surface area (Å²) in [7, 11) is 0. The van der Waals surface area contributed by atoms with Crippen molar-refractivity contribution in [3.63, 3.8) is 0 Å². The predicted molar refractivity (Wildman–Crippen MR) is 89.2 cm³/mol. The number of anilines is 1. The first-order chi connectivity index (χ1) is 12.0. The summed E-state index contributed by atoms with van der Waals surface area (Å²) >= 11 is 0. The van der Waals surface area contributed by atoms with Gasteiger partial charge in [-0.1, -0.05) is 0 Å². The Balaban J connectivity index is 1.64. The highest BCUT2D eigenvalue weighted by Gasteiger charge is 2.43. The molecule has 1 aliphatic carbocycles. The first-order valence-electron chi connectivity index (χ1n) is 8.57. The molecular formula is C17H23N3O5. The zero-order valence-corrected chi connectivity index (χ0v) is 13.9. The fourth-order valence-electron chi connectivity index (χ4n) is 3.72. The van der Waals surface area contributed by atoms with Crippen molar-refractivity contribution in [3.05, 3.63) is 18.3 Å². The number of aliphatic carboxylic acids is 1. The number of amides is 1. The monoisotopic (exact) mass is 349 g/mol. The lowest BCUT2D eigenvalue weighted by Crippen LogP contribution is -2.54. The van der Waals surface area contributed by atoms with Gasteiger partial charge in [-0.2, -0.15) is 0 Å². The fraction of sp³-hybridized carbons (Fsp3) is 0.588. The Labute approximate surface area is 145 Å². The summed E-state index contributed by atoms with van der Waals surface area (Å²) in [6.45, 7) is 2.06. The number of carbonyl (C=O) groups excluding carboxylic acids is 1. The molecule has 25 heavy (non-hydrogen) atoms. The van der Waals surface area contributed by atoms with Gasteiger partial charge >= 0.3 is 5.97 Å². The van der Waals surface area contributed by atoms with Crippen LogP contribution < -0.4 is 4.90 Å². The molecule has 8 heteroatoms. The van der Waals surface area contributed by atoms with E-state index in [9.17, 15) is 24.9 Å². The number of aromatic hydroxyl groups is 1. The molecule has 0 aromatic carbocycles. The van der Waals surface area contributed by atoms with Crippen LogP contribution in [0.1, 0.15) is 19.3 Å². The second kappa shape index (κ2) is 7.26. The standard InChI is InChI=1S/C17H23N3O5/c21-11-4-5-14(18-10-11)19-6-8-20(9-7-19)16(23)15-12(17(24)25)2-1-3-13(15)22/h4-5,10,12-13,15,21-22H,1-3,6-9H2,(H,24,25). The minimum atomic E-state index is -1.01. The third-order valence-corrected chi connectivity index (χ3v) is 5.11. The number of carboxylic acids is 1. The van der Waals surface area contributed by atoms with Gasteiger partial charge in [0.2, 0.25) is 5.91 Å². The van der Waals surface area contributed by atoms with E-state index in [-0.39, 0.29) is 11.7 Å². The highest BCUT2D eigenvalue weighted by Crippen LogP contribution is 2.32. The summed E-state index contributed by atoms with van der Waals surface area (Å²) in [5.41, 5.74) is 0. The second-order valence-electron chi connectivity index (χ2n) is 6.66. The lowest BCUT2D eigenvalue weighted by Gasteiger charge is -2.40. The topological polar surface area (TPSA) is 114 Å². The Morgan fingerprint density at radius 2 is 1.84 bits per heavy atom. The Hall–Kier alpha value is -2.35. The molecule has 1 amide bonds. The maximum absolute atomic E-state index is 12.8. The van der Waals surface area contributed by atoms with Gasteiger partial charge in [0, 0.05) is 26.2 Å². The molecule has 0 bridgehead atoms. The van der Waals surface area contributed by atoms with Crippen molar-refractivity contribution in [1.82, 2.24) is 9.88 Å². The number of carbonyl (C=O) groups is 2. The van der Waals surface area contributed by atoms with E-state index in [4.69, 9.17) is 0 Å². The third kappa shape index (κ3) is 3.68. The van der Waals surface area contributed by atoms with Crippen LogP contribution in [-0.4, -0.2) is 69.4 Å². The highest BCUT2D eigenvalue weighted by atomic mass is 16.4. The van der Waals surface area contributed by atoms with Crippen LogP contribution in [0.5, 0.6) is 5.75 Å². The Morgan fingerprint density at radius 1 is 1.12 bits per heavy atom. The fourth-order valence-corrected chi connectivity index (χ4v) is 3.72. The normalized spacial score (nSPS) is 27.2. The molecule has 1 aromatic rings. The van der Waals surface area contributed by atoms with Crippen LogP contribution in [0, 0.1) is 11.8 Å². The van der Waals surface area contributed by atoms with Crippen molar-refractivity contribution in [2.24, 2.45) is 11.8 Å². The van der Waals surface area contributed by atoms with E-state index in [2.05, 4.69) is 4.98 Å². The van der Waals surface area contributed by atoms with Crippen molar-refractivity contribution in [2.75, 3.05) is 31.1 Å². The van der Waals surface area contributed by atoms with Crippen LogP contribution in [0.3, 0.4) is 0 Å². The lowest BCUT2D eigenvalue weighted by atomic mass is 9.76. The van der Waals surface area contributed by atoms with Crippen molar-refractivity contribution in [1.29, 1.82) is 0 Å². The molecule has 3 unspecified atom stereocenters. The first-order valence-corrected chi connectivity index (χ1v) is 8.57. The molecular weight excluding hydrogens is 326 g/mol. The summed E-state index contributed by atoms with van der Waals surface area (Å²) in [5.74, 6) is -2.12. The van der Waals surface area contributed by atoms with E-state index < -0.39 is 23.9 Å². The quantitative estimate of drug-likeness (QED) is 0.719. The van der Waals surface area contributed by atoms with Crippen LogP contribution >= 0.6 is 0 Å². The number of hydrogen-bond acceptors (Lipinski definition) is 6. The molecule has 1 aromatic heterocycles. The van der Waals surface area contributed by atoms with Crippen LogP contribution in [0.25, 0.3) is 0 Å². The van der Waals surface area contributed by atoms with E-state index in [1.54, 1.807) is 17.0 Å². The number of aliphatic hydroxyl groups is 1. The van der Waals surface area contributed by atoms with Crippen molar-refractivity contribution < 1.29 is 24.9 Å². The first kappa shape index (κ1) is 17.5. The predicted octanol–water partition coefficient (Wildman–Crippen LogP) is 0.298. The molecule has 3 atom stereocenters. The summed E-state index contributed by atoms with van der Waals surface area (Å²) < 4.78 is 0. The van der Waals surface area contributed by atoms with Crippen molar-refractivity contribution >= 4 is 17.7 Å². The summed E-state index contributed by atoms with van der Waals surface area (Å²) in [6.07, 6.45) is 2.02. The van der Waals surface area contributed by atoms with E-state index in [0.29, 0.717) is 45.4 Å². The van der Waals surface area contributed by atoms with E-state index in [1.165, 1.54) is 6.20 Å². The molecule has 8 nitrogen and oxygen atoms in total. The number of nitrogens with zero attached hydrogens (tertiary/aromatic N) is 3. The number of rotatable bonds is 3. The molecule has 3 rings (SSSR count). The number of pyridine rings is 1. The maximum atomic E-state index is 12.8. The van der Waals surface area contributed by atoms with Crippen LogP contribution in [0.4, 0.5) is 5.82 Å². The highest BCUT2D eigenvalue weighted by molar-refractivity contribution is 5.85. The molecule has 2 aliphatic rings. The van der Waals surface area contributed by atoms with E-state index >= 15 is 0 Å². The minimum absolute atomic E-state index is 0.101. The molecule has 136 valence electrons. The molecule has 3 N–H and O–H groups in total. The van der Waals surface area contributed by atoms with Gasteiger partial charge in [-0.05, 0) is 31.4 Å². The Kier molecular flexibility index (Phi) is 5.08. The Morgan fingerprint density at radius 3 is 2.44 bits per heavy atom. The average molecular weight is 349 g/mol. The molecule has 1 saturated carbocycles. The zero-order valence-electron chi connectivity index (χ0n) is 13.9. The van der Waals surface area contributed by atoms with Gasteiger partial charge in [0.25, 0.3) is 0 Å². The molecule has 2 heterocycles. The summed E-state index contributed by atoms with van der Waals surface area (Å²) in [6, 6.07) is 3.29. The molecule has 0 radical (unpaired) electrons. The van der Waals surface area contributed by atoms with Crippen molar-refractivity contribution in [2.45, 2.75) is 25.4 Å². The van der Waals surface area contributed by atoms with Gasteiger partial charge < -0.3 is 25.1 Å². The van der Waals surface area contributed by atoms with E-state index in [1.807, 2.05) is 4.90 Å². The molecule has 1 aliphatic heterocycles. The van der Waals surface area contributed by atoms with Gasteiger partial charge in [0.15, 0.2) is 0 Å². The summed E-state index contributed by atoms with van der Waals surface area (Å²) in [5, 5.41) is 28.9. The van der Waals surface area contributed by atoms with Crippen LogP contribution in [-0.2, 0) is 9.59 Å². The van der Waals surface area contributed by atoms with Crippen LogP contribution in [0.15, 0.2) is 18.3 Å². The molecule has 1 saturated heterocycles. The van der Waals surface area contributed by atoms with Gasteiger partial charge in [-0.3, -0.25) is 9.59 Å². The van der Waals surface area contributed by atoms with E-state index in [0.717, 1.165) is 5.82 Å². The maximum Gasteiger partial charge on any atom is 0.307 e. The van der Waals surface area contributed by atoms with Gasteiger partial charge in [-0.15, -0.1) is 0 Å². The number of piperazine rings is 1. The van der Waals surface area contributed by atoms with Gasteiger partial charge in [0.05, 0.1) is 24.1 Å². The largest absolute Gasteiger partial charge is 0.506 e. The number of aliphatic hydroxyl groups excluding tert-OH is 1. The van der Waals surface area contributed by atoms with Crippen LogP contribution in [0.2, 0.25) is 0 Å². The third-order valence-electron chi connectivity index (χ3n) is 5.11. The number of aromatic nitrogens is 1. The number of carboxylic acid groups (broad SMARTS) is 1. The van der Waals surface area contributed by atoms with Gasteiger partial charge in [-0.25, -0.2) is 4.98 Å². The van der Waals surface area contributed by atoms with Crippen molar-refractivity contribution in [3.8, 4) is 5.75 Å². The second-order valence-corrected chi connectivity index (χ2v) is 6.66. The van der Waals surface area contributed by atoms with Gasteiger partial charge in [0.1, 0.15) is 11.6 Å². The smallest absolute Gasteiger partial charge is 0.307 e. The molecule has 2 fully saturated rings. The number of hydrogen-bond donors (Lipinski definition) is 3. The average Bonchev–Trinajstić information content (AvgIpc) is 2.61. The summed E-state index contributed by atoms with van der Waals surface area (Å²) in [4.78, 5) is 32.1. The Bertz CT molecular complexity index is 628. The minimum Gasteiger partial charge on any atom is -0.506 e. The zero-order chi connectivity index (χ0) is 18.0. The lowest BCUT2D eigenvalue weighted by molar-refractivity contribution is -0.158. The molecule has 0 spiro atoms. The SMILES string of the molecule is O=C(O)C1CCCC(O)C1C(=O)N1CCN(c2ccc(O)cn2)CC1.